The zero-order valence-corrected chi connectivity index (χ0v) is 20.8. The van der Waals surface area contributed by atoms with Crippen molar-refractivity contribution in [1.82, 2.24) is 29.7 Å². The molecule has 3 fully saturated rings. The average Bonchev–Trinajstić information content (AvgIpc) is 3.59. The molecule has 2 aliphatic heterocycles. The fourth-order valence-electron chi connectivity index (χ4n) is 5.83. The average molecular weight is 489 g/mol. The van der Waals surface area contributed by atoms with E-state index in [0.717, 1.165) is 55.2 Å². The smallest absolute Gasteiger partial charge is 0.270 e. The molecule has 188 valence electrons. The lowest BCUT2D eigenvalue weighted by Gasteiger charge is -2.24. The summed E-state index contributed by atoms with van der Waals surface area (Å²) in [5.74, 6) is 1.14. The maximum atomic E-state index is 12.9. The molecule has 0 unspecified atom stereocenters. The minimum Gasteiger partial charge on any atom is -0.343 e. The number of aromatic nitrogens is 4. The number of carbonyl (C=O) groups excluding carboxylic acids is 2. The van der Waals surface area contributed by atoms with Crippen molar-refractivity contribution in [2.24, 2.45) is 0 Å². The Morgan fingerprint density at radius 2 is 1.89 bits per heavy atom. The van der Waals surface area contributed by atoms with Gasteiger partial charge in [0, 0.05) is 56.8 Å². The van der Waals surface area contributed by atoms with Gasteiger partial charge in [0.05, 0.1) is 11.9 Å². The van der Waals surface area contributed by atoms with Crippen LogP contribution in [-0.2, 0) is 4.79 Å². The summed E-state index contributed by atoms with van der Waals surface area (Å²) in [6, 6.07) is 6.57. The molecule has 0 aromatic carbocycles. The minimum absolute atomic E-state index is 0.0295. The van der Waals surface area contributed by atoms with E-state index in [4.69, 9.17) is 4.98 Å². The van der Waals surface area contributed by atoms with Crippen LogP contribution in [0, 0.1) is 0 Å². The zero-order valence-electron chi connectivity index (χ0n) is 20.8. The Morgan fingerprint density at radius 3 is 2.64 bits per heavy atom. The minimum atomic E-state index is -0.0295. The van der Waals surface area contributed by atoms with Crippen molar-refractivity contribution < 1.29 is 9.59 Å². The van der Waals surface area contributed by atoms with Crippen LogP contribution in [0.3, 0.4) is 0 Å². The largest absolute Gasteiger partial charge is 0.343 e. The lowest BCUT2D eigenvalue weighted by atomic mass is 10.1. The first kappa shape index (κ1) is 22.9. The van der Waals surface area contributed by atoms with E-state index in [9.17, 15) is 9.59 Å². The van der Waals surface area contributed by atoms with Crippen molar-refractivity contribution >= 4 is 40.3 Å². The van der Waals surface area contributed by atoms with Crippen molar-refractivity contribution in [3.05, 3.63) is 36.3 Å². The van der Waals surface area contributed by atoms with Gasteiger partial charge in [-0.1, -0.05) is 12.8 Å². The van der Waals surface area contributed by atoms with E-state index in [1.807, 2.05) is 23.1 Å². The SMILES string of the molecule is CN(C)C(=O)c1cc2cnc(Nc3ccc(N4C[C@@H]5CC[C@H](CC4=O)N5)cn3)nc2n1C1CCCC1. The molecule has 10 nitrogen and oxygen atoms in total. The predicted octanol–water partition coefficient (Wildman–Crippen LogP) is 3.24. The van der Waals surface area contributed by atoms with Gasteiger partial charge in [-0.15, -0.1) is 0 Å². The molecule has 2 amide bonds. The molecule has 36 heavy (non-hydrogen) atoms. The number of amides is 2. The van der Waals surface area contributed by atoms with Crippen molar-refractivity contribution in [2.45, 2.75) is 63.1 Å². The first-order valence-corrected chi connectivity index (χ1v) is 12.9. The van der Waals surface area contributed by atoms with Gasteiger partial charge >= 0.3 is 0 Å². The Kier molecular flexibility index (Phi) is 5.83. The highest BCUT2D eigenvalue weighted by atomic mass is 16.2. The molecule has 5 heterocycles. The Balaban J connectivity index is 1.26. The molecule has 2 N–H and O–H groups in total. The number of fused-ring (bicyclic) bond motifs is 3. The van der Waals surface area contributed by atoms with Crippen LogP contribution >= 0.6 is 0 Å². The number of nitrogens with zero attached hydrogens (tertiary/aromatic N) is 6. The standard InChI is InChI=1S/C26H32N8O2/c1-32(2)25(36)21-11-16-13-28-26(31-24(16)34(21)19-5-3-4-6-19)30-22-10-9-20(14-27-22)33-15-18-8-7-17(29-18)12-23(33)35/h9-11,13-14,17-19,29H,3-8,12,15H2,1-2H3,(H,27,28,30,31)/t17-,18+/m1/s1. The first-order chi connectivity index (χ1) is 17.5. The summed E-state index contributed by atoms with van der Waals surface area (Å²) in [5, 5.41) is 7.59. The number of anilines is 3. The van der Waals surface area contributed by atoms with Crippen LogP contribution in [0.15, 0.2) is 30.6 Å². The molecule has 2 bridgehead atoms. The highest BCUT2D eigenvalue weighted by Crippen LogP contribution is 2.35. The summed E-state index contributed by atoms with van der Waals surface area (Å²) in [6.45, 7) is 0.676. The number of hydrogen-bond donors (Lipinski definition) is 2. The monoisotopic (exact) mass is 488 g/mol. The van der Waals surface area contributed by atoms with Crippen LogP contribution in [0.2, 0.25) is 0 Å². The van der Waals surface area contributed by atoms with E-state index in [0.29, 0.717) is 42.5 Å². The predicted molar refractivity (Wildman–Crippen MR) is 137 cm³/mol. The number of carbonyl (C=O) groups is 2. The van der Waals surface area contributed by atoms with Gasteiger partial charge in [0.1, 0.15) is 17.2 Å². The summed E-state index contributed by atoms with van der Waals surface area (Å²) in [5.41, 5.74) is 2.22. The Labute approximate surface area is 210 Å². The molecule has 1 saturated carbocycles. The second-order valence-corrected chi connectivity index (χ2v) is 10.4. The highest BCUT2D eigenvalue weighted by Gasteiger charge is 2.34. The fraction of sp³-hybridized carbons (Fsp3) is 0.500. The van der Waals surface area contributed by atoms with Gasteiger partial charge in [0.25, 0.3) is 5.91 Å². The Morgan fingerprint density at radius 1 is 1.08 bits per heavy atom. The number of pyridine rings is 1. The molecule has 10 heteroatoms. The van der Waals surface area contributed by atoms with Crippen molar-refractivity contribution in [2.75, 3.05) is 30.9 Å². The Bertz CT molecular complexity index is 1300. The van der Waals surface area contributed by atoms with Crippen LogP contribution in [0.5, 0.6) is 0 Å². The number of nitrogens with one attached hydrogen (secondary N) is 2. The van der Waals surface area contributed by atoms with Crippen molar-refractivity contribution in [3.63, 3.8) is 0 Å². The summed E-state index contributed by atoms with van der Waals surface area (Å²) >= 11 is 0. The second-order valence-electron chi connectivity index (χ2n) is 10.4. The fourth-order valence-corrected chi connectivity index (χ4v) is 5.83. The molecule has 2 atom stereocenters. The molecule has 3 aromatic heterocycles. The van der Waals surface area contributed by atoms with Gasteiger partial charge in [0.15, 0.2) is 0 Å². The topological polar surface area (TPSA) is 108 Å². The van der Waals surface area contributed by atoms with Crippen LogP contribution < -0.4 is 15.5 Å². The molecule has 2 saturated heterocycles. The third-order valence-corrected chi connectivity index (χ3v) is 7.65. The van der Waals surface area contributed by atoms with Gasteiger partial charge in [-0.3, -0.25) is 9.59 Å². The van der Waals surface area contributed by atoms with E-state index < -0.39 is 0 Å². The number of rotatable bonds is 5. The van der Waals surface area contributed by atoms with Gasteiger partial charge in [-0.2, -0.15) is 4.98 Å². The lowest BCUT2D eigenvalue weighted by Crippen LogP contribution is -2.37. The first-order valence-electron chi connectivity index (χ1n) is 12.9. The van der Waals surface area contributed by atoms with Crippen molar-refractivity contribution in [1.29, 1.82) is 0 Å². The van der Waals surface area contributed by atoms with E-state index in [1.54, 1.807) is 31.4 Å². The van der Waals surface area contributed by atoms with Crippen LogP contribution in [0.4, 0.5) is 17.5 Å². The highest BCUT2D eigenvalue weighted by molar-refractivity contribution is 5.98. The maximum Gasteiger partial charge on any atom is 0.270 e. The van der Waals surface area contributed by atoms with E-state index in [1.165, 1.54) is 0 Å². The van der Waals surface area contributed by atoms with E-state index >= 15 is 0 Å². The van der Waals surface area contributed by atoms with Crippen LogP contribution in [0.25, 0.3) is 11.0 Å². The third-order valence-electron chi connectivity index (χ3n) is 7.65. The molecular weight excluding hydrogens is 456 g/mol. The molecule has 6 rings (SSSR count). The lowest BCUT2D eigenvalue weighted by molar-refractivity contribution is -0.118. The Hall–Kier alpha value is -3.53. The zero-order chi connectivity index (χ0) is 24.8. The third kappa shape index (κ3) is 4.19. The molecule has 1 aliphatic carbocycles. The molecular formula is C26H32N8O2. The van der Waals surface area contributed by atoms with Crippen molar-refractivity contribution in [3.8, 4) is 0 Å². The molecule has 0 spiro atoms. The second kappa shape index (κ2) is 9.16. The van der Waals surface area contributed by atoms with Gasteiger partial charge in [-0.25, -0.2) is 9.97 Å². The van der Waals surface area contributed by atoms with E-state index in [-0.39, 0.29) is 17.9 Å². The summed E-state index contributed by atoms with van der Waals surface area (Å²) < 4.78 is 2.10. The van der Waals surface area contributed by atoms with Gasteiger partial charge in [0.2, 0.25) is 11.9 Å². The maximum absolute atomic E-state index is 12.9. The van der Waals surface area contributed by atoms with E-state index in [2.05, 4.69) is 25.2 Å². The summed E-state index contributed by atoms with van der Waals surface area (Å²) in [6.07, 6.45) is 10.6. The molecule has 3 aromatic rings. The quantitative estimate of drug-likeness (QED) is 0.568. The molecule has 3 aliphatic rings. The van der Waals surface area contributed by atoms with Crippen LogP contribution in [-0.4, -0.2) is 69.0 Å². The summed E-state index contributed by atoms with van der Waals surface area (Å²) in [7, 11) is 3.54. The van der Waals surface area contributed by atoms with Gasteiger partial charge in [-0.05, 0) is 43.9 Å². The summed E-state index contributed by atoms with van der Waals surface area (Å²) in [4.78, 5) is 42.9. The molecule has 0 radical (unpaired) electrons. The van der Waals surface area contributed by atoms with Crippen LogP contribution in [0.1, 0.15) is 61.5 Å². The van der Waals surface area contributed by atoms with Gasteiger partial charge < -0.3 is 25.0 Å². The normalized spacial score (nSPS) is 22.3. The number of hydrogen-bond acceptors (Lipinski definition) is 7.